The molecule has 0 aromatic carbocycles. The lowest BCUT2D eigenvalue weighted by atomic mass is 10.2. The predicted octanol–water partition coefficient (Wildman–Crippen LogP) is 1.80. The van der Waals surface area contributed by atoms with Gasteiger partial charge in [-0.2, -0.15) is 0 Å². The number of allylic oxidation sites excluding steroid dienone is 1. The van der Waals surface area contributed by atoms with E-state index in [9.17, 15) is 8.42 Å². The van der Waals surface area contributed by atoms with E-state index < -0.39 is 9.84 Å². The summed E-state index contributed by atoms with van der Waals surface area (Å²) < 4.78 is 29.2. The molecule has 0 amide bonds. The highest BCUT2D eigenvalue weighted by Crippen LogP contribution is 2.22. The van der Waals surface area contributed by atoms with Crippen LogP contribution < -0.4 is 4.90 Å². The van der Waals surface area contributed by atoms with Gasteiger partial charge in [0, 0.05) is 17.5 Å². The van der Waals surface area contributed by atoms with Crippen molar-refractivity contribution in [3.8, 4) is 0 Å². The number of anilines is 1. The fraction of sp³-hybridized carbons (Fsp3) is 0.538. The molecule has 2 rings (SSSR count). The molecular weight excluding hydrogens is 314 g/mol. The Hall–Kier alpha value is -1.18. The minimum atomic E-state index is -3.42. The van der Waals surface area contributed by atoms with Crippen molar-refractivity contribution in [3.05, 3.63) is 28.5 Å². The van der Waals surface area contributed by atoms with Gasteiger partial charge < -0.3 is 9.64 Å². The lowest BCUT2D eigenvalue weighted by Gasteiger charge is -2.34. The number of rotatable bonds is 4. The second-order valence-corrected chi connectivity index (χ2v) is 7.62. The van der Waals surface area contributed by atoms with Gasteiger partial charge in [0.1, 0.15) is 5.82 Å². The van der Waals surface area contributed by atoms with Crippen LogP contribution in [0.2, 0.25) is 5.28 Å². The molecule has 1 fully saturated rings. The van der Waals surface area contributed by atoms with E-state index in [1.807, 2.05) is 11.8 Å². The molecule has 0 saturated carbocycles. The maximum atomic E-state index is 11.9. The fourth-order valence-corrected chi connectivity index (χ4v) is 3.04. The molecule has 0 spiro atoms. The number of nitrogens with zero attached hydrogens (tertiary/aromatic N) is 3. The Labute approximate surface area is 129 Å². The monoisotopic (exact) mass is 331 g/mol. The summed E-state index contributed by atoms with van der Waals surface area (Å²) in [5, 5.41) is 0.0399. The van der Waals surface area contributed by atoms with E-state index in [1.165, 1.54) is 6.92 Å². The van der Waals surface area contributed by atoms with Gasteiger partial charge in [-0.1, -0.05) is 6.58 Å². The Bertz CT molecular complexity index is 648. The molecule has 0 aliphatic carbocycles. The molecular formula is C13H18ClN3O3S. The largest absolute Gasteiger partial charge is 0.377 e. The minimum absolute atomic E-state index is 0.0399. The van der Waals surface area contributed by atoms with E-state index in [2.05, 4.69) is 16.5 Å². The zero-order valence-corrected chi connectivity index (χ0v) is 13.6. The van der Waals surface area contributed by atoms with Crippen LogP contribution in [0.3, 0.4) is 0 Å². The SMILES string of the molecule is C=C(C)S(=O)(=O)Cc1cc(N2CCOC[C@@H]2C)nc(Cl)n1. The zero-order valence-electron chi connectivity index (χ0n) is 12.0. The second-order valence-electron chi connectivity index (χ2n) is 5.06. The fourth-order valence-electron chi connectivity index (χ4n) is 2.06. The van der Waals surface area contributed by atoms with E-state index >= 15 is 0 Å². The highest BCUT2D eigenvalue weighted by Gasteiger charge is 2.22. The van der Waals surface area contributed by atoms with Crippen LogP contribution in [0, 0.1) is 0 Å². The highest BCUT2D eigenvalue weighted by molar-refractivity contribution is 7.94. The quantitative estimate of drug-likeness (QED) is 0.783. The maximum absolute atomic E-state index is 11.9. The first-order valence-corrected chi connectivity index (χ1v) is 8.59. The normalized spacial score (nSPS) is 19.6. The topological polar surface area (TPSA) is 72.4 Å². The van der Waals surface area contributed by atoms with E-state index in [-0.39, 0.29) is 22.0 Å². The number of hydrogen-bond acceptors (Lipinski definition) is 6. The van der Waals surface area contributed by atoms with Crippen LogP contribution in [0.1, 0.15) is 19.5 Å². The van der Waals surface area contributed by atoms with Crippen LogP contribution in [0.4, 0.5) is 5.82 Å². The van der Waals surface area contributed by atoms with Crippen LogP contribution in [0.25, 0.3) is 0 Å². The summed E-state index contributed by atoms with van der Waals surface area (Å²) in [5.41, 5.74) is 0.367. The van der Waals surface area contributed by atoms with Crippen molar-refractivity contribution >= 4 is 27.3 Å². The van der Waals surface area contributed by atoms with Crippen molar-refractivity contribution in [3.63, 3.8) is 0 Å². The second kappa shape index (κ2) is 6.29. The summed E-state index contributed by atoms with van der Waals surface area (Å²) in [7, 11) is -3.42. The molecule has 1 saturated heterocycles. The minimum Gasteiger partial charge on any atom is -0.377 e. The third-order valence-electron chi connectivity index (χ3n) is 3.27. The van der Waals surface area contributed by atoms with Crippen LogP contribution in [0.15, 0.2) is 17.6 Å². The number of halogens is 1. The number of aromatic nitrogens is 2. The van der Waals surface area contributed by atoms with Gasteiger partial charge in [-0.25, -0.2) is 18.4 Å². The Kier molecular flexibility index (Phi) is 4.85. The van der Waals surface area contributed by atoms with Crippen molar-refractivity contribution < 1.29 is 13.2 Å². The Balaban J connectivity index is 2.31. The standard InChI is InChI=1S/C13H18ClN3O3S/c1-9(2)21(18,19)8-11-6-12(16-13(14)15-11)17-4-5-20-7-10(17)3/h6,10H,1,4-5,7-8H2,2-3H3/t10-/m0/s1. The maximum Gasteiger partial charge on any atom is 0.224 e. The van der Waals surface area contributed by atoms with Gasteiger partial charge in [0.05, 0.1) is 30.7 Å². The van der Waals surface area contributed by atoms with E-state index in [4.69, 9.17) is 16.3 Å². The van der Waals surface area contributed by atoms with E-state index in [0.29, 0.717) is 31.3 Å². The number of ether oxygens (including phenoxy) is 1. The van der Waals surface area contributed by atoms with Crippen LogP contribution >= 0.6 is 11.6 Å². The van der Waals surface area contributed by atoms with Crippen molar-refractivity contribution in [1.29, 1.82) is 0 Å². The van der Waals surface area contributed by atoms with E-state index in [1.54, 1.807) is 6.07 Å². The average molecular weight is 332 g/mol. The first kappa shape index (κ1) is 16.2. The summed E-state index contributed by atoms with van der Waals surface area (Å²) in [4.78, 5) is 10.3. The number of morpholine rings is 1. The van der Waals surface area contributed by atoms with Crippen LogP contribution in [0.5, 0.6) is 0 Å². The Morgan fingerprint density at radius 1 is 1.57 bits per heavy atom. The molecule has 0 bridgehead atoms. The third kappa shape index (κ3) is 3.93. The molecule has 2 heterocycles. The average Bonchev–Trinajstić information content (AvgIpc) is 2.37. The summed E-state index contributed by atoms with van der Waals surface area (Å²) in [5.74, 6) is 0.397. The molecule has 1 aliphatic heterocycles. The Morgan fingerprint density at radius 3 is 2.90 bits per heavy atom. The predicted molar refractivity (Wildman–Crippen MR) is 82.1 cm³/mol. The molecule has 21 heavy (non-hydrogen) atoms. The van der Waals surface area contributed by atoms with Crippen molar-refractivity contribution in [2.75, 3.05) is 24.7 Å². The van der Waals surface area contributed by atoms with Crippen LogP contribution in [-0.2, 0) is 20.3 Å². The lowest BCUT2D eigenvalue weighted by molar-refractivity contribution is 0.0985. The smallest absolute Gasteiger partial charge is 0.224 e. The lowest BCUT2D eigenvalue weighted by Crippen LogP contribution is -2.44. The van der Waals surface area contributed by atoms with Gasteiger partial charge in [-0.3, -0.25) is 0 Å². The zero-order chi connectivity index (χ0) is 15.6. The summed E-state index contributed by atoms with van der Waals surface area (Å²) in [6, 6.07) is 1.81. The molecule has 116 valence electrons. The molecule has 8 heteroatoms. The van der Waals surface area contributed by atoms with Crippen molar-refractivity contribution in [2.45, 2.75) is 25.6 Å². The molecule has 0 unspecified atom stereocenters. The summed E-state index contributed by atoms with van der Waals surface area (Å²) in [6.07, 6.45) is 0. The van der Waals surface area contributed by atoms with Crippen LogP contribution in [-0.4, -0.2) is 44.2 Å². The molecule has 1 aromatic rings. The molecule has 6 nitrogen and oxygen atoms in total. The highest BCUT2D eigenvalue weighted by atomic mass is 35.5. The van der Waals surface area contributed by atoms with Gasteiger partial charge in [-0.15, -0.1) is 0 Å². The number of sulfone groups is 1. The summed E-state index contributed by atoms with van der Waals surface area (Å²) >= 11 is 5.93. The summed E-state index contributed by atoms with van der Waals surface area (Å²) in [6.45, 7) is 8.84. The van der Waals surface area contributed by atoms with Gasteiger partial charge >= 0.3 is 0 Å². The number of hydrogen-bond donors (Lipinski definition) is 0. The first-order chi connectivity index (χ1) is 9.79. The molecule has 1 atom stereocenters. The molecule has 1 aromatic heterocycles. The Morgan fingerprint density at radius 2 is 2.29 bits per heavy atom. The third-order valence-corrected chi connectivity index (χ3v) is 5.18. The van der Waals surface area contributed by atoms with Crippen molar-refractivity contribution in [2.24, 2.45) is 0 Å². The van der Waals surface area contributed by atoms with E-state index in [0.717, 1.165) is 0 Å². The first-order valence-electron chi connectivity index (χ1n) is 6.55. The molecule has 1 aliphatic rings. The molecule has 0 N–H and O–H groups in total. The van der Waals surface area contributed by atoms with Gasteiger partial charge in [0.25, 0.3) is 0 Å². The molecule has 0 radical (unpaired) electrons. The van der Waals surface area contributed by atoms with Gasteiger partial charge in [-0.05, 0) is 25.4 Å². The van der Waals surface area contributed by atoms with Gasteiger partial charge in [0.2, 0.25) is 5.28 Å². The van der Waals surface area contributed by atoms with Crippen molar-refractivity contribution in [1.82, 2.24) is 9.97 Å². The van der Waals surface area contributed by atoms with Gasteiger partial charge in [0.15, 0.2) is 9.84 Å².